The first-order chi connectivity index (χ1) is 14.1. The summed E-state index contributed by atoms with van der Waals surface area (Å²) in [5.41, 5.74) is 5.33. The largest absolute Gasteiger partial charge is 0.493 e. The summed E-state index contributed by atoms with van der Waals surface area (Å²) in [5.74, 6) is -9.55. The van der Waals surface area contributed by atoms with Crippen LogP contribution in [0, 0.1) is 17.6 Å². The third-order valence-electron chi connectivity index (χ3n) is 5.13. The number of hydrogen-bond donors (Lipinski definition) is 2. The van der Waals surface area contributed by atoms with Gasteiger partial charge in [0.25, 0.3) is 5.91 Å². The monoisotopic (exact) mass is 425 g/mol. The quantitative estimate of drug-likeness (QED) is 0.716. The number of halogens is 4. The van der Waals surface area contributed by atoms with Crippen LogP contribution >= 0.6 is 0 Å². The van der Waals surface area contributed by atoms with Crippen molar-refractivity contribution >= 4 is 17.5 Å². The Morgan fingerprint density at radius 2 is 2.00 bits per heavy atom. The van der Waals surface area contributed by atoms with Gasteiger partial charge in [-0.2, -0.15) is 4.39 Å². The van der Waals surface area contributed by atoms with Gasteiger partial charge in [-0.25, -0.2) is 13.2 Å². The highest BCUT2D eigenvalue weighted by Gasteiger charge is 2.46. The number of anilines is 1. The zero-order chi connectivity index (χ0) is 22.1. The molecule has 1 aliphatic carbocycles. The molecule has 10 heteroatoms. The summed E-state index contributed by atoms with van der Waals surface area (Å²) in [7, 11) is 1.14. The fourth-order valence-electron chi connectivity index (χ4n) is 3.71. The molecule has 1 heterocycles. The number of alkyl halides is 2. The lowest BCUT2D eigenvalue weighted by Crippen LogP contribution is -2.38. The molecule has 1 unspecified atom stereocenters. The molecule has 1 fully saturated rings. The molecule has 1 aliphatic rings. The maximum Gasteiger partial charge on any atom is 0.267 e. The average Bonchev–Trinajstić information content (AvgIpc) is 2.69. The number of carbonyl (C=O) groups excluding carboxylic acids is 2. The predicted molar refractivity (Wildman–Crippen MR) is 99.3 cm³/mol. The zero-order valence-electron chi connectivity index (χ0n) is 15.9. The van der Waals surface area contributed by atoms with Gasteiger partial charge >= 0.3 is 0 Å². The van der Waals surface area contributed by atoms with E-state index < -0.39 is 59.8 Å². The van der Waals surface area contributed by atoms with Crippen LogP contribution in [0.2, 0.25) is 0 Å². The molecule has 0 aliphatic heterocycles. The molecule has 2 amide bonds. The standard InChI is InChI=1S/C20H19F4N3O3/c1-30-17-12(2-3-14(21)16(17)22)11-4-6-20(23,24)9-13(11)19(29)27-10-5-7-26-15(8-10)18(25)28/h2-3,5,7-8,11,13H,4,6,9H2,1H3,(H2,25,28)(H,26,27,29)/t11-,13?/m0/s1. The van der Waals surface area contributed by atoms with Crippen LogP contribution in [0.15, 0.2) is 30.5 Å². The van der Waals surface area contributed by atoms with Crippen molar-refractivity contribution in [2.24, 2.45) is 11.7 Å². The van der Waals surface area contributed by atoms with E-state index in [4.69, 9.17) is 10.5 Å². The lowest BCUT2D eigenvalue weighted by atomic mass is 9.73. The second kappa shape index (κ2) is 8.29. The minimum atomic E-state index is -3.10. The summed E-state index contributed by atoms with van der Waals surface area (Å²) in [6.07, 6.45) is -0.180. The first-order valence-electron chi connectivity index (χ1n) is 9.09. The molecule has 1 saturated carbocycles. The third-order valence-corrected chi connectivity index (χ3v) is 5.13. The molecule has 3 rings (SSSR count). The first kappa shape index (κ1) is 21.5. The molecule has 0 bridgehead atoms. The highest BCUT2D eigenvalue weighted by Crippen LogP contribution is 2.48. The van der Waals surface area contributed by atoms with E-state index in [0.29, 0.717) is 0 Å². The zero-order valence-corrected chi connectivity index (χ0v) is 15.9. The maximum absolute atomic E-state index is 14.2. The van der Waals surface area contributed by atoms with Crippen LogP contribution in [-0.2, 0) is 4.79 Å². The normalized spacial score (nSPS) is 20.4. The van der Waals surface area contributed by atoms with Crippen molar-refractivity contribution in [1.82, 2.24) is 4.98 Å². The van der Waals surface area contributed by atoms with Crippen molar-refractivity contribution in [3.05, 3.63) is 53.4 Å². The van der Waals surface area contributed by atoms with Crippen molar-refractivity contribution in [1.29, 1.82) is 0 Å². The maximum atomic E-state index is 14.2. The molecule has 1 aromatic heterocycles. The second-order valence-corrected chi connectivity index (χ2v) is 7.08. The lowest BCUT2D eigenvalue weighted by Gasteiger charge is -2.36. The molecule has 0 radical (unpaired) electrons. The van der Waals surface area contributed by atoms with Crippen molar-refractivity contribution in [3.63, 3.8) is 0 Å². The number of methoxy groups -OCH3 is 1. The van der Waals surface area contributed by atoms with E-state index in [0.717, 1.165) is 13.2 Å². The summed E-state index contributed by atoms with van der Waals surface area (Å²) in [6.45, 7) is 0. The Morgan fingerprint density at radius 3 is 2.67 bits per heavy atom. The van der Waals surface area contributed by atoms with E-state index in [-0.39, 0.29) is 23.4 Å². The van der Waals surface area contributed by atoms with Gasteiger partial charge < -0.3 is 15.8 Å². The van der Waals surface area contributed by atoms with Crippen LogP contribution in [0.5, 0.6) is 5.75 Å². The SMILES string of the molecule is COc1c([C@@H]2CCC(F)(F)CC2C(=O)Nc2ccnc(C(N)=O)c2)ccc(F)c1F. The fraction of sp³-hybridized carbons (Fsp3) is 0.350. The Kier molecular flexibility index (Phi) is 5.95. The minimum Gasteiger partial charge on any atom is -0.493 e. The van der Waals surface area contributed by atoms with E-state index in [1.165, 1.54) is 24.4 Å². The molecule has 2 atom stereocenters. The van der Waals surface area contributed by atoms with Gasteiger partial charge in [0.1, 0.15) is 5.69 Å². The molecule has 0 saturated heterocycles. The average molecular weight is 425 g/mol. The predicted octanol–water partition coefficient (Wildman–Crippen LogP) is 3.63. The molecule has 1 aromatic carbocycles. The van der Waals surface area contributed by atoms with Crippen LogP contribution in [0.1, 0.15) is 41.2 Å². The van der Waals surface area contributed by atoms with Crippen molar-refractivity contribution in [3.8, 4) is 5.75 Å². The number of pyridine rings is 1. The highest BCUT2D eigenvalue weighted by molar-refractivity contribution is 5.96. The number of nitrogens with one attached hydrogen (secondary N) is 1. The van der Waals surface area contributed by atoms with Crippen LogP contribution in [0.25, 0.3) is 0 Å². The molecule has 2 aromatic rings. The third kappa shape index (κ3) is 4.37. The number of ether oxygens (including phenoxy) is 1. The topological polar surface area (TPSA) is 94.3 Å². The summed E-state index contributed by atoms with van der Waals surface area (Å²) in [4.78, 5) is 27.9. The molecule has 30 heavy (non-hydrogen) atoms. The van der Waals surface area contributed by atoms with Crippen molar-refractivity contribution in [2.75, 3.05) is 12.4 Å². The fourth-order valence-corrected chi connectivity index (χ4v) is 3.71. The summed E-state index contributed by atoms with van der Waals surface area (Å²) in [5, 5.41) is 2.48. The summed E-state index contributed by atoms with van der Waals surface area (Å²) < 4.78 is 61.0. The number of rotatable bonds is 5. The smallest absolute Gasteiger partial charge is 0.267 e. The number of carbonyl (C=O) groups is 2. The number of nitrogens with two attached hydrogens (primary N) is 1. The van der Waals surface area contributed by atoms with Gasteiger partial charge in [0.05, 0.1) is 13.0 Å². The van der Waals surface area contributed by atoms with Crippen molar-refractivity contribution in [2.45, 2.75) is 31.1 Å². The number of aromatic nitrogens is 1. The molecular weight excluding hydrogens is 406 g/mol. The van der Waals surface area contributed by atoms with Crippen LogP contribution in [0.4, 0.5) is 23.2 Å². The number of hydrogen-bond acceptors (Lipinski definition) is 4. The number of primary amides is 1. The van der Waals surface area contributed by atoms with Gasteiger partial charge in [-0.15, -0.1) is 0 Å². The molecule has 0 spiro atoms. The van der Waals surface area contributed by atoms with E-state index in [1.807, 2.05) is 0 Å². The molecule has 3 N–H and O–H groups in total. The minimum absolute atomic E-state index is 0.111. The molecule has 160 valence electrons. The van der Waals surface area contributed by atoms with E-state index in [1.54, 1.807) is 0 Å². The van der Waals surface area contributed by atoms with E-state index >= 15 is 0 Å². The summed E-state index contributed by atoms with van der Waals surface area (Å²) in [6, 6.07) is 4.70. The number of benzene rings is 1. The number of amides is 2. The van der Waals surface area contributed by atoms with Gasteiger partial charge in [-0.05, 0) is 30.5 Å². The summed E-state index contributed by atoms with van der Waals surface area (Å²) >= 11 is 0. The Balaban J connectivity index is 1.95. The van der Waals surface area contributed by atoms with Gasteiger partial charge in [-0.3, -0.25) is 14.6 Å². The Bertz CT molecular complexity index is 984. The van der Waals surface area contributed by atoms with Crippen LogP contribution < -0.4 is 15.8 Å². The molecule has 6 nitrogen and oxygen atoms in total. The van der Waals surface area contributed by atoms with Gasteiger partial charge in [0.15, 0.2) is 11.6 Å². The van der Waals surface area contributed by atoms with E-state index in [2.05, 4.69) is 10.3 Å². The van der Waals surface area contributed by atoms with E-state index in [9.17, 15) is 27.2 Å². The Hall–Kier alpha value is -3.17. The Morgan fingerprint density at radius 1 is 1.27 bits per heavy atom. The number of nitrogens with zero attached hydrogens (tertiary/aromatic N) is 1. The van der Waals surface area contributed by atoms with Crippen molar-refractivity contribution < 1.29 is 31.9 Å². The van der Waals surface area contributed by atoms with Crippen LogP contribution in [-0.4, -0.2) is 29.8 Å². The van der Waals surface area contributed by atoms with Gasteiger partial charge in [-0.1, -0.05) is 6.07 Å². The molecular formula is C20H19F4N3O3. The van der Waals surface area contributed by atoms with Gasteiger partial charge in [0, 0.05) is 30.3 Å². The Labute approximate surface area is 169 Å². The van der Waals surface area contributed by atoms with Crippen LogP contribution in [0.3, 0.4) is 0 Å². The highest BCUT2D eigenvalue weighted by atomic mass is 19.3. The van der Waals surface area contributed by atoms with Gasteiger partial charge in [0.2, 0.25) is 17.6 Å². The lowest BCUT2D eigenvalue weighted by molar-refractivity contribution is -0.128. The second-order valence-electron chi connectivity index (χ2n) is 7.08. The first-order valence-corrected chi connectivity index (χ1v) is 9.09.